The fourth-order valence-corrected chi connectivity index (χ4v) is 1.59. The minimum absolute atomic E-state index is 0.496. The van der Waals surface area contributed by atoms with Gasteiger partial charge in [-0.15, -0.1) is 0 Å². The summed E-state index contributed by atoms with van der Waals surface area (Å²) < 4.78 is 5.01. The monoisotopic (exact) mass is 244 g/mol. The molecule has 0 saturated heterocycles. The number of anilines is 1. The summed E-state index contributed by atoms with van der Waals surface area (Å²) in [4.78, 5) is 8.26. The lowest BCUT2D eigenvalue weighted by atomic mass is 10.1. The van der Waals surface area contributed by atoms with E-state index < -0.39 is 0 Å². The van der Waals surface area contributed by atoms with Crippen LogP contribution < -0.4 is 15.8 Å². The van der Waals surface area contributed by atoms with Crippen LogP contribution in [0.5, 0.6) is 5.88 Å². The Bertz CT molecular complexity index is 468. The second-order valence-corrected chi connectivity index (χ2v) is 3.82. The third kappa shape index (κ3) is 3.18. The van der Waals surface area contributed by atoms with Gasteiger partial charge in [-0.1, -0.05) is 24.3 Å². The molecule has 0 aliphatic rings. The van der Waals surface area contributed by atoms with Crippen molar-refractivity contribution < 1.29 is 4.74 Å². The molecule has 0 bridgehead atoms. The molecule has 94 valence electrons. The van der Waals surface area contributed by atoms with Gasteiger partial charge in [-0.3, -0.25) is 4.98 Å². The average molecular weight is 244 g/mol. The van der Waals surface area contributed by atoms with Crippen molar-refractivity contribution in [3.8, 4) is 5.88 Å². The molecule has 1 aromatic heterocycles. The van der Waals surface area contributed by atoms with E-state index in [0.29, 0.717) is 24.8 Å². The van der Waals surface area contributed by atoms with Gasteiger partial charge in [0.25, 0.3) is 0 Å². The first kappa shape index (κ1) is 12.3. The standard InChI is InChI=1S/C13H16N4O/c1-18-13-9-15-8-12(17-13)16-7-11-4-2-3-10(5-11)6-14/h2-5,8-9H,6-7,14H2,1H3,(H,16,17). The number of ether oxygens (including phenoxy) is 1. The molecular weight excluding hydrogens is 228 g/mol. The minimum atomic E-state index is 0.496. The van der Waals surface area contributed by atoms with Crippen LogP contribution in [-0.4, -0.2) is 17.1 Å². The first-order valence-electron chi connectivity index (χ1n) is 5.69. The Hall–Kier alpha value is -2.14. The van der Waals surface area contributed by atoms with E-state index in [-0.39, 0.29) is 0 Å². The van der Waals surface area contributed by atoms with E-state index in [1.165, 1.54) is 0 Å². The molecule has 18 heavy (non-hydrogen) atoms. The van der Waals surface area contributed by atoms with E-state index in [4.69, 9.17) is 10.5 Å². The molecule has 5 heteroatoms. The zero-order valence-electron chi connectivity index (χ0n) is 10.3. The first-order chi connectivity index (χ1) is 8.81. The lowest BCUT2D eigenvalue weighted by Gasteiger charge is -2.07. The third-order valence-corrected chi connectivity index (χ3v) is 2.52. The van der Waals surface area contributed by atoms with Crippen molar-refractivity contribution in [3.63, 3.8) is 0 Å². The number of nitrogens with two attached hydrogens (primary N) is 1. The van der Waals surface area contributed by atoms with Crippen LogP contribution in [0.1, 0.15) is 11.1 Å². The van der Waals surface area contributed by atoms with Crippen molar-refractivity contribution in [2.24, 2.45) is 5.73 Å². The van der Waals surface area contributed by atoms with Crippen LogP contribution in [0.2, 0.25) is 0 Å². The number of nitrogens with one attached hydrogen (secondary N) is 1. The predicted molar refractivity (Wildman–Crippen MR) is 70.2 cm³/mol. The van der Waals surface area contributed by atoms with Crippen molar-refractivity contribution in [2.75, 3.05) is 12.4 Å². The molecule has 1 heterocycles. The van der Waals surface area contributed by atoms with E-state index >= 15 is 0 Å². The lowest BCUT2D eigenvalue weighted by Crippen LogP contribution is -2.04. The summed E-state index contributed by atoms with van der Waals surface area (Å²) in [5.74, 6) is 1.18. The summed E-state index contributed by atoms with van der Waals surface area (Å²) in [5.41, 5.74) is 7.88. The van der Waals surface area contributed by atoms with E-state index in [0.717, 1.165) is 11.1 Å². The topological polar surface area (TPSA) is 73.1 Å². The number of aromatic nitrogens is 2. The summed E-state index contributed by atoms with van der Waals surface area (Å²) >= 11 is 0. The lowest BCUT2D eigenvalue weighted by molar-refractivity contribution is 0.396. The summed E-state index contributed by atoms with van der Waals surface area (Å²) in [5, 5.41) is 3.19. The van der Waals surface area contributed by atoms with E-state index in [9.17, 15) is 0 Å². The quantitative estimate of drug-likeness (QED) is 0.835. The Morgan fingerprint density at radius 2 is 2.11 bits per heavy atom. The molecule has 0 radical (unpaired) electrons. The zero-order valence-corrected chi connectivity index (χ0v) is 10.3. The maximum absolute atomic E-state index is 5.60. The highest BCUT2D eigenvalue weighted by molar-refractivity contribution is 5.35. The smallest absolute Gasteiger partial charge is 0.233 e. The molecule has 2 rings (SSSR count). The van der Waals surface area contributed by atoms with Crippen molar-refractivity contribution in [3.05, 3.63) is 47.8 Å². The van der Waals surface area contributed by atoms with Crippen LogP contribution in [0.4, 0.5) is 5.82 Å². The normalized spacial score (nSPS) is 10.1. The number of methoxy groups -OCH3 is 1. The zero-order chi connectivity index (χ0) is 12.8. The van der Waals surface area contributed by atoms with Gasteiger partial charge in [0.15, 0.2) is 0 Å². The summed E-state index contributed by atoms with van der Waals surface area (Å²) in [6.07, 6.45) is 3.23. The fraction of sp³-hybridized carbons (Fsp3) is 0.231. The van der Waals surface area contributed by atoms with Gasteiger partial charge in [0, 0.05) is 13.1 Å². The van der Waals surface area contributed by atoms with Crippen LogP contribution in [0.15, 0.2) is 36.7 Å². The van der Waals surface area contributed by atoms with Crippen molar-refractivity contribution in [1.82, 2.24) is 9.97 Å². The van der Waals surface area contributed by atoms with E-state index in [2.05, 4.69) is 21.4 Å². The molecule has 0 amide bonds. The second-order valence-electron chi connectivity index (χ2n) is 3.82. The Morgan fingerprint density at radius 3 is 2.89 bits per heavy atom. The van der Waals surface area contributed by atoms with E-state index in [1.54, 1.807) is 19.5 Å². The SMILES string of the molecule is COc1cncc(NCc2cccc(CN)c2)n1. The van der Waals surface area contributed by atoms with E-state index in [1.807, 2.05) is 18.2 Å². The molecule has 3 N–H and O–H groups in total. The average Bonchev–Trinajstić information content (AvgIpc) is 2.45. The van der Waals surface area contributed by atoms with Crippen LogP contribution in [0.25, 0.3) is 0 Å². The molecule has 1 aromatic carbocycles. The van der Waals surface area contributed by atoms with Crippen molar-refractivity contribution in [1.29, 1.82) is 0 Å². The van der Waals surface area contributed by atoms with Crippen molar-refractivity contribution in [2.45, 2.75) is 13.1 Å². The Morgan fingerprint density at radius 1 is 1.28 bits per heavy atom. The highest BCUT2D eigenvalue weighted by Crippen LogP contribution is 2.10. The largest absolute Gasteiger partial charge is 0.480 e. The Kier molecular flexibility index (Phi) is 4.09. The molecule has 5 nitrogen and oxygen atoms in total. The molecule has 0 atom stereocenters. The Labute approximate surface area is 106 Å². The molecule has 0 aliphatic heterocycles. The Balaban J connectivity index is 2.01. The number of benzene rings is 1. The fourth-order valence-electron chi connectivity index (χ4n) is 1.59. The third-order valence-electron chi connectivity index (χ3n) is 2.52. The maximum Gasteiger partial charge on any atom is 0.233 e. The predicted octanol–water partition coefficient (Wildman–Crippen LogP) is 1.56. The van der Waals surface area contributed by atoms with Gasteiger partial charge in [0.1, 0.15) is 5.82 Å². The summed E-state index contributed by atoms with van der Waals surface area (Å²) in [6.45, 7) is 1.22. The molecular formula is C13H16N4O. The molecule has 2 aromatic rings. The highest BCUT2D eigenvalue weighted by Gasteiger charge is 1.99. The van der Waals surface area contributed by atoms with Gasteiger partial charge < -0.3 is 15.8 Å². The van der Waals surface area contributed by atoms with Gasteiger partial charge in [-0.25, -0.2) is 0 Å². The molecule has 0 saturated carbocycles. The molecule has 0 spiro atoms. The number of rotatable bonds is 5. The number of hydrogen-bond donors (Lipinski definition) is 2. The van der Waals surface area contributed by atoms with Crippen LogP contribution in [0.3, 0.4) is 0 Å². The highest BCUT2D eigenvalue weighted by atomic mass is 16.5. The van der Waals surface area contributed by atoms with Gasteiger partial charge in [-0.2, -0.15) is 4.98 Å². The molecule has 0 unspecified atom stereocenters. The van der Waals surface area contributed by atoms with Gasteiger partial charge >= 0.3 is 0 Å². The molecule has 0 fully saturated rings. The van der Waals surface area contributed by atoms with Crippen molar-refractivity contribution >= 4 is 5.82 Å². The summed E-state index contributed by atoms with van der Waals surface area (Å²) in [7, 11) is 1.57. The van der Waals surface area contributed by atoms with Gasteiger partial charge in [-0.05, 0) is 11.1 Å². The number of hydrogen-bond acceptors (Lipinski definition) is 5. The number of nitrogens with zero attached hydrogens (tertiary/aromatic N) is 2. The van der Waals surface area contributed by atoms with Gasteiger partial charge in [0.05, 0.1) is 19.5 Å². The summed E-state index contributed by atoms with van der Waals surface area (Å²) in [6, 6.07) is 8.12. The van der Waals surface area contributed by atoms with Crippen LogP contribution in [-0.2, 0) is 13.1 Å². The van der Waals surface area contributed by atoms with Crippen LogP contribution in [0, 0.1) is 0 Å². The first-order valence-corrected chi connectivity index (χ1v) is 5.69. The van der Waals surface area contributed by atoms with Gasteiger partial charge in [0.2, 0.25) is 5.88 Å². The minimum Gasteiger partial charge on any atom is -0.480 e. The molecule has 0 aliphatic carbocycles. The maximum atomic E-state index is 5.60. The van der Waals surface area contributed by atoms with Crippen LogP contribution >= 0.6 is 0 Å². The second kappa shape index (κ2) is 5.97.